The van der Waals surface area contributed by atoms with Crippen molar-refractivity contribution in [3.8, 4) is 5.75 Å². The normalized spacial score (nSPS) is 11.9. The van der Waals surface area contributed by atoms with Crippen LogP contribution in [0, 0.1) is 0 Å². The van der Waals surface area contributed by atoms with Crippen LogP contribution in [0.2, 0.25) is 0 Å². The van der Waals surface area contributed by atoms with Crippen LogP contribution < -0.4 is 15.4 Å². The van der Waals surface area contributed by atoms with Gasteiger partial charge in [-0.05, 0) is 45.1 Å². The van der Waals surface area contributed by atoms with Gasteiger partial charge in [-0.3, -0.25) is 4.79 Å². The van der Waals surface area contributed by atoms with E-state index >= 15 is 0 Å². The van der Waals surface area contributed by atoms with Crippen LogP contribution in [0.5, 0.6) is 5.75 Å². The van der Waals surface area contributed by atoms with E-state index in [9.17, 15) is 4.79 Å². The lowest BCUT2D eigenvalue weighted by Crippen LogP contribution is -2.33. The maximum atomic E-state index is 11.5. The van der Waals surface area contributed by atoms with E-state index < -0.39 is 0 Å². The first kappa shape index (κ1) is 16.0. The number of nitrogens with one attached hydrogen (secondary N) is 2. The fourth-order valence-corrected chi connectivity index (χ4v) is 1.96. The molecule has 0 aliphatic carbocycles. The van der Waals surface area contributed by atoms with Crippen molar-refractivity contribution in [2.24, 2.45) is 0 Å². The van der Waals surface area contributed by atoms with Gasteiger partial charge in [0.15, 0.2) is 0 Å². The fourth-order valence-electron chi connectivity index (χ4n) is 1.59. The van der Waals surface area contributed by atoms with Gasteiger partial charge in [-0.1, -0.05) is 22.0 Å². The molecule has 19 heavy (non-hydrogen) atoms. The van der Waals surface area contributed by atoms with Gasteiger partial charge in [-0.15, -0.1) is 0 Å². The average molecular weight is 329 g/mol. The molecule has 0 heterocycles. The van der Waals surface area contributed by atoms with Crippen LogP contribution >= 0.6 is 15.9 Å². The number of hydrogen-bond acceptors (Lipinski definition) is 3. The maximum absolute atomic E-state index is 11.5. The Kier molecular flexibility index (Phi) is 7.52. The lowest BCUT2D eigenvalue weighted by molar-refractivity contribution is -0.121. The first-order valence-corrected chi connectivity index (χ1v) is 7.24. The molecule has 0 fully saturated rings. The van der Waals surface area contributed by atoms with Gasteiger partial charge >= 0.3 is 0 Å². The molecule has 0 saturated heterocycles. The molecule has 0 radical (unpaired) electrons. The highest BCUT2D eigenvalue weighted by Crippen LogP contribution is 2.18. The van der Waals surface area contributed by atoms with E-state index in [1.807, 2.05) is 38.2 Å². The zero-order valence-corrected chi connectivity index (χ0v) is 13.0. The summed E-state index contributed by atoms with van der Waals surface area (Å²) < 4.78 is 6.69. The van der Waals surface area contributed by atoms with Crippen LogP contribution in [-0.4, -0.2) is 32.1 Å². The summed E-state index contributed by atoms with van der Waals surface area (Å²) in [4.78, 5) is 11.5. The molecule has 1 atom stereocenters. The van der Waals surface area contributed by atoms with Crippen molar-refractivity contribution >= 4 is 21.8 Å². The summed E-state index contributed by atoms with van der Waals surface area (Å²) in [5.74, 6) is 0.867. The molecule has 1 amide bonds. The molecule has 0 aliphatic heterocycles. The molecule has 1 rings (SSSR count). The molecule has 106 valence electrons. The molecule has 5 heteroatoms. The van der Waals surface area contributed by atoms with Crippen molar-refractivity contribution in [3.05, 3.63) is 28.7 Å². The van der Waals surface area contributed by atoms with Gasteiger partial charge in [0.1, 0.15) is 11.9 Å². The Morgan fingerprint density at radius 1 is 1.47 bits per heavy atom. The summed E-state index contributed by atoms with van der Waals surface area (Å²) >= 11 is 3.39. The molecular formula is C14H21BrN2O2. The second kappa shape index (κ2) is 8.93. The van der Waals surface area contributed by atoms with Crippen LogP contribution in [0.15, 0.2) is 28.7 Å². The van der Waals surface area contributed by atoms with Crippen LogP contribution in [0.3, 0.4) is 0 Å². The molecule has 2 N–H and O–H groups in total. The minimum absolute atomic E-state index is 0.0532. The van der Waals surface area contributed by atoms with E-state index in [4.69, 9.17) is 4.74 Å². The van der Waals surface area contributed by atoms with Crippen molar-refractivity contribution in [1.29, 1.82) is 0 Å². The van der Waals surface area contributed by atoms with Gasteiger partial charge in [0.05, 0.1) is 6.54 Å². The van der Waals surface area contributed by atoms with E-state index in [1.54, 1.807) is 0 Å². The molecule has 0 bridgehead atoms. The van der Waals surface area contributed by atoms with E-state index in [2.05, 4.69) is 26.6 Å². The third-order valence-corrected chi connectivity index (χ3v) is 3.04. The van der Waals surface area contributed by atoms with Gasteiger partial charge in [-0.2, -0.15) is 0 Å². The standard InChI is InChI=1S/C14H21BrN2O2/c1-11(10-17-14(18)7-4-8-16-2)19-13-6-3-5-12(15)9-13/h3,5-6,9,11,16H,4,7-8,10H2,1-2H3,(H,17,18). The summed E-state index contributed by atoms with van der Waals surface area (Å²) in [6.45, 7) is 3.32. The molecule has 1 aromatic rings. The zero-order valence-electron chi connectivity index (χ0n) is 11.4. The van der Waals surface area contributed by atoms with Crippen molar-refractivity contribution in [1.82, 2.24) is 10.6 Å². The number of amides is 1. The molecule has 0 aliphatic rings. The first-order chi connectivity index (χ1) is 9.11. The third kappa shape index (κ3) is 7.18. The van der Waals surface area contributed by atoms with Crippen molar-refractivity contribution in [2.75, 3.05) is 20.1 Å². The van der Waals surface area contributed by atoms with Crippen LogP contribution in [0.4, 0.5) is 0 Å². The Morgan fingerprint density at radius 2 is 2.26 bits per heavy atom. The average Bonchev–Trinajstić information content (AvgIpc) is 2.37. The highest BCUT2D eigenvalue weighted by atomic mass is 79.9. The Labute approximate surface area is 123 Å². The number of hydrogen-bond donors (Lipinski definition) is 2. The van der Waals surface area contributed by atoms with Gasteiger partial charge in [-0.25, -0.2) is 0 Å². The summed E-state index contributed by atoms with van der Waals surface area (Å²) in [5.41, 5.74) is 0. The number of halogens is 1. The Bertz CT molecular complexity index is 399. The summed E-state index contributed by atoms with van der Waals surface area (Å²) in [6, 6.07) is 7.67. The molecule has 1 aromatic carbocycles. The van der Waals surface area contributed by atoms with Crippen LogP contribution in [-0.2, 0) is 4.79 Å². The SMILES string of the molecule is CNCCCC(=O)NCC(C)Oc1cccc(Br)c1. The summed E-state index contributed by atoms with van der Waals surface area (Å²) in [6.07, 6.45) is 1.34. The topological polar surface area (TPSA) is 50.4 Å². The smallest absolute Gasteiger partial charge is 0.220 e. The van der Waals surface area contributed by atoms with Gasteiger partial charge < -0.3 is 15.4 Å². The van der Waals surface area contributed by atoms with Crippen LogP contribution in [0.1, 0.15) is 19.8 Å². The predicted molar refractivity (Wildman–Crippen MR) is 80.4 cm³/mol. The Balaban J connectivity index is 2.24. The quantitative estimate of drug-likeness (QED) is 0.720. The van der Waals surface area contributed by atoms with E-state index in [0.29, 0.717) is 13.0 Å². The van der Waals surface area contributed by atoms with Gasteiger partial charge in [0, 0.05) is 10.9 Å². The molecular weight excluding hydrogens is 308 g/mol. The second-order valence-corrected chi connectivity index (χ2v) is 5.31. The number of carbonyl (C=O) groups excluding carboxylic acids is 1. The van der Waals surface area contributed by atoms with Crippen molar-refractivity contribution in [3.63, 3.8) is 0 Å². The lowest BCUT2D eigenvalue weighted by Gasteiger charge is -2.15. The molecule has 4 nitrogen and oxygen atoms in total. The third-order valence-electron chi connectivity index (χ3n) is 2.55. The summed E-state index contributed by atoms with van der Waals surface area (Å²) in [7, 11) is 1.88. The van der Waals surface area contributed by atoms with Crippen molar-refractivity contribution in [2.45, 2.75) is 25.9 Å². The second-order valence-electron chi connectivity index (χ2n) is 4.40. The van der Waals surface area contributed by atoms with Gasteiger partial charge in [0.25, 0.3) is 0 Å². The molecule has 1 unspecified atom stereocenters. The monoisotopic (exact) mass is 328 g/mol. The largest absolute Gasteiger partial charge is 0.489 e. The number of carbonyl (C=O) groups is 1. The lowest BCUT2D eigenvalue weighted by atomic mass is 10.3. The predicted octanol–water partition coefficient (Wildman–Crippen LogP) is 2.33. The van der Waals surface area contributed by atoms with Gasteiger partial charge in [0.2, 0.25) is 5.91 Å². The number of rotatable bonds is 8. The highest BCUT2D eigenvalue weighted by molar-refractivity contribution is 9.10. The first-order valence-electron chi connectivity index (χ1n) is 6.45. The minimum atomic E-state index is -0.0532. The molecule has 0 aromatic heterocycles. The molecule has 0 saturated carbocycles. The maximum Gasteiger partial charge on any atom is 0.220 e. The van der Waals surface area contributed by atoms with E-state index in [0.717, 1.165) is 23.2 Å². The van der Waals surface area contributed by atoms with E-state index in [1.165, 1.54) is 0 Å². The molecule has 0 spiro atoms. The number of benzene rings is 1. The van der Waals surface area contributed by atoms with E-state index in [-0.39, 0.29) is 12.0 Å². The number of ether oxygens (including phenoxy) is 1. The summed E-state index contributed by atoms with van der Waals surface area (Å²) in [5, 5.41) is 5.89. The zero-order chi connectivity index (χ0) is 14.1. The van der Waals surface area contributed by atoms with Crippen molar-refractivity contribution < 1.29 is 9.53 Å². The fraction of sp³-hybridized carbons (Fsp3) is 0.500. The minimum Gasteiger partial charge on any atom is -0.489 e. The Morgan fingerprint density at radius 3 is 2.95 bits per heavy atom. The van der Waals surface area contributed by atoms with Crippen LogP contribution in [0.25, 0.3) is 0 Å². The Hall–Kier alpha value is -1.07. The highest BCUT2D eigenvalue weighted by Gasteiger charge is 2.07.